The Bertz CT molecular complexity index is 391. The normalized spacial score (nSPS) is 21.3. The van der Waals surface area contributed by atoms with E-state index in [9.17, 15) is 4.79 Å². The molecule has 2 unspecified atom stereocenters. The van der Waals surface area contributed by atoms with Crippen LogP contribution in [0.2, 0.25) is 0 Å². The molecule has 2 rings (SSSR count). The average Bonchev–Trinajstić information content (AvgIpc) is 2.75. The molecule has 1 saturated heterocycles. The van der Waals surface area contributed by atoms with Crippen LogP contribution in [0.1, 0.15) is 24.9 Å². The van der Waals surface area contributed by atoms with Gasteiger partial charge in [-0.1, -0.05) is 12.1 Å². The molecule has 1 aliphatic rings. The van der Waals surface area contributed by atoms with E-state index in [0.29, 0.717) is 12.6 Å². The monoisotopic (exact) mass is 251 g/mol. The minimum absolute atomic E-state index is 0.0254. The van der Waals surface area contributed by atoms with Crippen molar-refractivity contribution in [2.24, 2.45) is 0 Å². The second kappa shape index (κ2) is 5.56. The number of hydrogen-bond donors (Lipinski definition) is 1. The first-order chi connectivity index (χ1) is 8.20. The maximum Gasteiger partial charge on any atom is 0.319 e. The van der Waals surface area contributed by atoms with Gasteiger partial charge >= 0.3 is 5.97 Å². The molecule has 0 amide bonds. The van der Waals surface area contributed by atoms with E-state index in [-0.39, 0.29) is 11.2 Å². The Hall–Kier alpha value is -1.00. The van der Waals surface area contributed by atoms with Crippen LogP contribution >= 0.6 is 11.8 Å². The van der Waals surface area contributed by atoms with Crippen LogP contribution in [-0.2, 0) is 9.53 Å². The lowest BCUT2D eigenvalue weighted by molar-refractivity contribution is -0.137. The number of carbonyl (C=O) groups is 1. The van der Waals surface area contributed by atoms with Gasteiger partial charge in [0.1, 0.15) is 5.25 Å². The zero-order valence-electron chi connectivity index (χ0n) is 10.1. The quantitative estimate of drug-likeness (QED) is 0.834. The molecule has 1 aromatic rings. The van der Waals surface area contributed by atoms with Gasteiger partial charge in [0, 0.05) is 17.4 Å². The summed E-state index contributed by atoms with van der Waals surface area (Å²) in [5.74, 6) is -0.0809. The van der Waals surface area contributed by atoms with Crippen LogP contribution in [-0.4, -0.2) is 24.9 Å². The second-order valence-electron chi connectivity index (χ2n) is 4.14. The fourth-order valence-electron chi connectivity index (χ4n) is 1.75. The number of carbonyl (C=O) groups excluding carboxylic acids is 1. The third-order valence-corrected chi connectivity index (χ3v) is 4.24. The summed E-state index contributed by atoms with van der Waals surface area (Å²) in [6.07, 6.45) is 0.818. The van der Waals surface area contributed by atoms with Crippen LogP contribution in [0.3, 0.4) is 0 Å². The van der Waals surface area contributed by atoms with E-state index in [1.165, 1.54) is 5.56 Å². The first-order valence-electron chi connectivity index (χ1n) is 5.81. The zero-order chi connectivity index (χ0) is 12.3. The van der Waals surface area contributed by atoms with E-state index in [1.807, 2.05) is 7.05 Å². The number of ether oxygens (including phenoxy) is 1. The van der Waals surface area contributed by atoms with Gasteiger partial charge in [0.25, 0.3) is 0 Å². The van der Waals surface area contributed by atoms with Crippen molar-refractivity contribution >= 4 is 17.7 Å². The molecule has 1 heterocycles. The second-order valence-corrected chi connectivity index (χ2v) is 5.42. The molecule has 0 saturated carbocycles. The smallest absolute Gasteiger partial charge is 0.319 e. The van der Waals surface area contributed by atoms with Gasteiger partial charge in [-0.25, -0.2) is 0 Å². The summed E-state index contributed by atoms with van der Waals surface area (Å²) in [6.45, 7) is 2.68. The van der Waals surface area contributed by atoms with E-state index < -0.39 is 0 Å². The molecule has 0 radical (unpaired) electrons. The largest absolute Gasteiger partial charge is 0.465 e. The molecule has 0 aromatic heterocycles. The van der Waals surface area contributed by atoms with Gasteiger partial charge in [0.2, 0.25) is 0 Å². The van der Waals surface area contributed by atoms with Crippen molar-refractivity contribution in [3.05, 3.63) is 29.8 Å². The fraction of sp³-hybridized carbons (Fsp3) is 0.462. The Morgan fingerprint density at radius 3 is 2.65 bits per heavy atom. The maximum absolute atomic E-state index is 11.3. The molecule has 92 valence electrons. The first-order valence-corrected chi connectivity index (χ1v) is 6.69. The predicted octanol–water partition coefficient (Wildman–Crippen LogP) is 2.37. The van der Waals surface area contributed by atoms with Crippen molar-refractivity contribution in [1.29, 1.82) is 0 Å². The maximum atomic E-state index is 11.3. The summed E-state index contributed by atoms with van der Waals surface area (Å²) in [7, 11) is 1.95. The molecule has 2 atom stereocenters. The number of esters is 1. The Morgan fingerprint density at radius 2 is 2.12 bits per heavy atom. The highest BCUT2D eigenvalue weighted by molar-refractivity contribution is 8.00. The predicted molar refractivity (Wildman–Crippen MR) is 69.1 cm³/mol. The molecule has 0 aliphatic carbocycles. The molecule has 4 heteroatoms. The van der Waals surface area contributed by atoms with E-state index in [2.05, 4.69) is 36.5 Å². The van der Waals surface area contributed by atoms with Crippen LogP contribution < -0.4 is 5.32 Å². The van der Waals surface area contributed by atoms with E-state index in [0.717, 1.165) is 11.3 Å². The van der Waals surface area contributed by atoms with Crippen LogP contribution in [0.15, 0.2) is 29.2 Å². The Kier molecular flexibility index (Phi) is 4.07. The number of thioether (sulfide) groups is 1. The Morgan fingerprint density at radius 1 is 1.41 bits per heavy atom. The SMILES string of the molecule is CNC(C)c1ccc(SC2CCOC2=O)cc1. The minimum atomic E-state index is -0.0809. The summed E-state index contributed by atoms with van der Waals surface area (Å²) in [5, 5.41) is 3.17. The van der Waals surface area contributed by atoms with Gasteiger partial charge < -0.3 is 10.1 Å². The highest BCUT2D eigenvalue weighted by atomic mass is 32.2. The van der Waals surface area contributed by atoms with Gasteiger partial charge in [-0.15, -0.1) is 11.8 Å². The summed E-state index contributed by atoms with van der Waals surface area (Å²) in [4.78, 5) is 12.5. The topological polar surface area (TPSA) is 38.3 Å². The fourth-order valence-corrected chi connectivity index (χ4v) is 2.75. The number of nitrogens with one attached hydrogen (secondary N) is 1. The molecule has 0 bridgehead atoms. The Labute approximate surface area is 106 Å². The third-order valence-electron chi connectivity index (χ3n) is 2.98. The average molecular weight is 251 g/mol. The number of rotatable bonds is 4. The van der Waals surface area contributed by atoms with Crippen molar-refractivity contribution in [1.82, 2.24) is 5.32 Å². The van der Waals surface area contributed by atoms with E-state index in [1.54, 1.807) is 11.8 Å². The van der Waals surface area contributed by atoms with E-state index in [4.69, 9.17) is 4.74 Å². The van der Waals surface area contributed by atoms with Gasteiger partial charge in [-0.3, -0.25) is 4.79 Å². The molecule has 0 spiro atoms. The first kappa shape index (κ1) is 12.5. The highest BCUT2D eigenvalue weighted by Gasteiger charge is 2.27. The molecule has 3 nitrogen and oxygen atoms in total. The van der Waals surface area contributed by atoms with Crippen LogP contribution in [0.25, 0.3) is 0 Å². The van der Waals surface area contributed by atoms with E-state index >= 15 is 0 Å². The minimum Gasteiger partial charge on any atom is -0.465 e. The van der Waals surface area contributed by atoms with Gasteiger partial charge in [0.05, 0.1) is 6.61 Å². The van der Waals surface area contributed by atoms with Crippen molar-refractivity contribution in [3.8, 4) is 0 Å². The molecular weight excluding hydrogens is 234 g/mol. The van der Waals surface area contributed by atoms with Crippen LogP contribution in [0.5, 0.6) is 0 Å². The van der Waals surface area contributed by atoms with Gasteiger partial charge in [-0.2, -0.15) is 0 Å². The van der Waals surface area contributed by atoms with Crippen LogP contribution in [0, 0.1) is 0 Å². The number of cyclic esters (lactones) is 1. The zero-order valence-corrected chi connectivity index (χ0v) is 10.9. The lowest BCUT2D eigenvalue weighted by atomic mass is 10.1. The van der Waals surface area contributed by atoms with Crippen molar-refractivity contribution < 1.29 is 9.53 Å². The van der Waals surface area contributed by atoms with Gasteiger partial charge in [0.15, 0.2) is 0 Å². The van der Waals surface area contributed by atoms with Crippen molar-refractivity contribution in [2.45, 2.75) is 29.5 Å². The summed E-state index contributed by atoms with van der Waals surface area (Å²) < 4.78 is 4.95. The number of benzene rings is 1. The third kappa shape index (κ3) is 3.01. The molecule has 1 fully saturated rings. The Balaban J connectivity index is 2.00. The molecular formula is C13H17NO2S. The molecule has 1 N–H and O–H groups in total. The van der Waals surface area contributed by atoms with Gasteiger partial charge in [-0.05, 0) is 31.7 Å². The lowest BCUT2D eigenvalue weighted by Crippen LogP contribution is -2.12. The van der Waals surface area contributed by atoms with Crippen molar-refractivity contribution in [3.63, 3.8) is 0 Å². The highest BCUT2D eigenvalue weighted by Crippen LogP contribution is 2.30. The summed E-state index contributed by atoms with van der Waals surface area (Å²) in [5.41, 5.74) is 1.26. The summed E-state index contributed by atoms with van der Waals surface area (Å²) in [6, 6.07) is 8.69. The number of hydrogen-bond acceptors (Lipinski definition) is 4. The lowest BCUT2D eigenvalue weighted by Gasteiger charge is -2.11. The van der Waals surface area contributed by atoms with Crippen LogP contribution in [0.4, 0.5) is 0 Å². The standard InChI is InChI=1S/C13H17NO2S/c1-9(14-2)10-3-5-11(6-4-10)17-12-7-8-16-13(12)15/h3-6,9,12,14H,7-8H2,1-2H3. The molecule has 1 aromatic carbocycles. The molecule has 1 aliphatic heterocycles. The summed E-state index contributed by atoms with van der Waals surface area (Å²) >= 11 is 1.59. The van der Waals surface area contributed by atoms with Crippen molar-refractivity contribution in [2.75, 3.05) is 13.7 Å². The molecule has 17 heavy (non-hydrogen) atoms.